The van der Waals surface area contributed by atoms with Crippen LogP contribution in [-0.4, -0.2) is 11.1 Å². The van der Waals surface area contributed by atoms with E-state index in [0.717, 1.165) is 0 Å². The van der Waals surface area contributed by atoms with Crippen LogP contribution in [0.15, 0.2) is 12.1 Å². The number of carboxylic acid groups (broad SMARTS) is 1. The lowest BCUT2D eigenvalue weighted by Gasteiger charge is -2.05. The van der Waals surface area contributed by atoms with Crippen molar-refractivity contribution in [2.45, 2.75) is 5.92 Å². The van der Waals surface area contributed by atoms with Gasteiger partial charge in [0.1, 0.15) is 0 Å². The Balaban J connectivity index is 3.28. The molecule has 0 spiro atoms. The van der Waals surface area contributed by atoms with Crippen molar-refractivity contribution in [3.8, 4) is 6.07 Å². The number of hydrogen-bond donors (Lipinski definition) is 1. The molecule has 1 unspecified atom stereocenters. The summed E-state index contributed by atoms with van der Waals surface area (Å²) in [5.41, 5.74) is -0.429. The minimum Gasteiger partial charge on any atom is -0.480 e. The second-order valence-corrected chi connectivity index (χ2v) is 2.70. The number of carbonyl (C=O) groups is 1. The number of carboxylic acids is 1. The van der Waals surface area contributed by atoms with Crippen LogP contribution >= 0.6 is 0 Å². The summed E-state index contributed by atoms with van der Waals surface area (Å²) >= 11 is 0. The van der Waals surface area contributed by atoms with Crippen molar-refractivity contribution in [3.63, 3.8) is 0 Å². The Morgan fingerprint density at radius 1 is 1.33 bits per heavy atom. The van der Waals surface area contributed by atoms with E-state index < -0.39 is 34.9 Å². The van der Waals surface area contributed by atoms with Crippen LogP contribution in [0.4, 0.5) is 13.2 Å². The van der Waals surface area contributed by atoms with Crippen LogP contribution in [0.5, 0.6) is 0 Å². The molecule has 15 heavy (non-hydrogen) atoms. The fraction of sp³-hybridized carbons (Fsp3) is 0.111. The van der Waals surface area contributed by atoms with Crippen LogP contribution in [0.25, 0.3) is 0 Å². The van der Waals surface area contributed by atoms with E-state index in [2.05, 4.69) is 0 Å². The Hall–Kier alpha value is -2.03. The largest absolute Gasteiger partial charge is 0.480 e. The van der Waals surface area contributed by atoms with Crippen LogP contribution in [0, 0.1) is 28.8 Å². The number of rotatable bonds is 2. The molecule has 0 saturated carbocycles. The van der Waals surface area contributed by atoms with E-state index >= 15 is 0 Å². The van der Waals surface area contributed by atoms with Crippen LogP contribution in [-0.2, 0) is 4.79 Å². The third-order valence-electron chi connectivity index (χ3n) is 1.72. The average Bonchev–Trinajstić information content (AvgIpc) is 2.14. The second kappa shape index (κ2) is 4.00. The molecule has 0 fully saturated rings. The first-order valence-corrected chi connectivity index (χ1v) is 3.74. The molecule has 6 heteroatoms. The van der Waals surface area contributed by atoms with Gasteiger partial charge in [-0.2, -0.15) is 5.26 Å². The molecule has 0 aromatic heterocycles. The predicted octanol–water partition coefficient (Wildman–Crippen LogP) is 1.80. The van der Waals surface area contributed by atoms with Crippen LogP contribution in [0.1, 0.15) is 11.5 Å². The molecular formula is C9H4F3NO2. The number of aliphatic carboxylic acids is 1. The van der Waals surface area contributed by atoms with E-state index in [1.807, 2.05) is 0 Å². The molecule has 78 valence electrons. The minimum absolute atomic E-state index is 0.429. The normalized spacial score (nSPS) is 11.9. The van der Waals surface area contributed by atoms with E-state index in [4.69, 9.17) is 10.4 Å². The van der Waals surface area contributed by atoms with Gasteiger partial charge in [-0.05, 0) is 17.7 Å². The van der Waals surface area contributed by atoms with E-state index in [1.54, 1.807) is 0 Å². The van der Waals surface area contributed by atoms with Gasteiger partial charge in [-0.15, -0.1) is 0 Å². The lowest BCUT2D eigenvalue weighted by Crippen LogP contribution is -2.10. The summed E-state index contributed by atoms with van der Waals surface area (Å²) in [6.07, 6.45) is 0. The highest BCUT2D eigenvalue weighted by atomic mass is 19.2. The Labute approximate surface area is 82.4 Å². The Morgan fingerprint density at radius 2 is 1.80 bits per heavy atom. The molecule has 1 atom stereocenters. The number of halogens is 3. The van der Waals surface area contributed by atoms with Gasteiger partial charge in [-0.25, -0.2) is 13.2 Å². The summed E-state index contributed by atoms with van der Waals surface area (Å²) in [6.45, 7) is 0. The molecule has 1 aromatic carbocycles. The van der Waals surface area contributed by atoms with Gasteiger partial charge in [0.2, 0.25) is 0 Å². The van der Waals surface area contributed by atoms with Crippen molar-refractivity contribution < 1.29 is 23.1 Å². The summed E-state index contributed by atoms with van der Waals surface area (Å²) in [6, 6.07) is 2.31. The van der Waals surface area contributed by atoms with Gasteiger partial charge in [0.15, 0.2) is 23.4 Å². The first-order chi connectivity index (χ1) is 6.97. The van der Waals surface area contributed by atoms with Crippen molar-refractivity contribution in [1.29, 1.82) is 5.26 Å². The van der Waals surface area contributed by atoms with Gasteiger partial charge in [0.25, 0.3) is 0 Å². The molecule has 0 amide bonds. The zero-order valence-electron chi connectivity index (χ0n) is 7.17. The highest BCUT2D eigenvalue weighted by Crippen LogP contribution is 2.20. The molecule has 1 N–H and O–H groups in total. The SMILES string of the molecule is N#CC(C(=O)O)c1cc(F)c(F)c(F)c1. The van der Waals surface area contributed by atoms with Gasteiger partial charge in [-0.1, -0.05) is 0 Å². The predicted molar refractivity (Wildman–Crippen MR) is 42.3 cm³/mol. The van der Waals surface area contributed by atoms with Crippen molar-refractivity contribution in [3.05, 3.63) is 35.1 Å². The third kappa shape index (κ3) is 2.07. The zero-order valence-corrected chi connectivity index (χ0v) is 7.17. The van der Waals surface area contributed by atoms with Crippen LogP contribution in [0.3, 0.4) is 0 Å². The molecular weight excluding hydrogens is 211 g/mol. The maximum atomic E-state index is 12.7. The molecule has 1 aromatic rings. The zero-order chi connectivity index (χ0) is 11.6. The molecule has 1 rings (SSSR count). The fourth-order valence-electron chi connectivity index (χ4n) is 1.01. The van der Waals surface area contributed by atoms with E-state index in [9.17, 15) is 18.0 Å². The smallest absolute Gasteiger partial charge is 0.325 e. The van der Waals surface area contributed by atoms with Crippen molar-refractivity contribution in [2.24, 2.45) is 0 Å². The molecule has 3 nitrogen and oxygen atoms in total. The monoisotopic (exact) mass is 215 g/mol. The summed E-state index contributed by atoms with van der Waals surface area (Å²) in [7, 11) is 0. The van der Waals surface area contributed by atoms with Crippen LogP contribution < -0.4 is 0 Å². The molecule has 0 saturated heterocycles. The van der Waals surface area contributed by atoms with E-state index in [1.165, 1.54) is 6.07 Å². The molecule has 0 aliphatic carbocycles. The van der Waals surface area contributed by atoms with Gasteiger partial charge in [0, 0.05) is 0 Å². The minimum atomic E-state index is -1.71. The number of nitriles is 1. The second-order valence-electron chi connectivity index (χ2n) is 2.70. The maximum Gasteiger partial charge on any atom is 0.325 e. The van der Waals surface area contributed by atoms with Gasteiger partial charge < -0.3 is 5.11 Å². The topological polar surface area (TPSA) is 61.1 Å². The quantitative estimate of drug-likeness (QED) is 0.765. The summed E-state index contributed by atoms with van der Waals surface area (Å²) in [4.78, 5) is 10.5. The lowest BCUT2D eigenvalue weighted by molar-refractivity contribution is -0.137. The van der Waals surface area contributed by atoms with Gasteiger partial charge in [0.05, 0.1) is 6.07 Å². The molecule has 0 bridgehead atoms. The number of benzene rings is 1. The lowest BCUT2D eigenvalue weighted by atomic mass is 10.0. The van der Waals surface area contributed by atoms with Crippen molar-refractivity contribution in [2.75, 3.05) is 0 Å². The number of hydrogen-bond acceptors (Lipinski definition) is 2. The summed E-state index contributed by atoms with van der Waals surface area (Å²) in [5.74, 6) is -8.00. The fourth-order valence-corrected chi connectivity index (χ4v) is 1.01. The molecule has 0 aliphatic heterocycles. The Kier molecular flexibility index (Phi) is 2.95. The standard InChI is InChI=1S/C9H4F3NO2/c10-6-1-4(2-7(11)8(6)12)5(3-13)9(14)15/h1-2,5H,(H,14,15). The van der Waals surface area contributed by atoms with Crippen molar-refractivity contribution in [1.82, 2.24) is 0 Å². The van der Waals surface area contributed by atoms with Crippen molar-refractivity contribution >= 4 is 5.97 Å². The molecule has 0 heterocycles. The highest BCUT2D eigenvalue weighted by molar-refractivity contribution is 5.79. The highest BCUT2D eigenvalue weighted by Gasteiger charge is 2.22. The van der Waals surface area contributed by atoms with Gasteiger partial charge in [-0.3, -0.25) is 4.79 Å². The number of nitrogens with zero attached hydrogens (tertiary/aromatic N) is 1. The maximum absolute atomic E-state index is 12.7. The third-order valence-corrected chi connectivity index (χ3v) is 1.72. The first-order valence-electron chi connectivity index (χ1n) is 3.74. The average molecular weight is 215 g/mol. The van der Waals surface area contributed by atoms with Crippen LogP contribution in [0.2, 0.25) is 0 Å². The summed E-state index contributed by atoms with van der Waals surface area (Å²) in [5, 5.41) is 16.9. The Morgan fingerprint density at radius 3 is 2.13 bits per heavy atom. The Bertz CT molecular complexity index is 430. The van der Waals surface area contributed by atoms with E-state index in [0.29, 0.717) is 12.1 Å². The molecule has 0 radical (unpaired) electrons. The van der Waals surface area contributed by atoms with E-state index in [-0.39, 0.29) is 0 Å². The van der Waals surface area contributed by atoms with Gasteiger partial charge >= 0.3 is 5.97 Å². The first kappa shape index (κ1) is 11.0. The molecule has 0 aliphatic rings. The summed E-state index contributed by atoms with van der Waals surface area (Å²) < 4.78 is 37.9.